The average Bonchev–Trinajstić information content (AvgIpc) is 1.78. The van der Waals surface area contributed by atoms with Gasteiger partial charge in [-0.05, 0) is 160 Å². The zero-order valence-corrected chi connectivity index (χ0v) is 51.5. The standard InChI is InChI=1S/C33H41N3O6S.C32H38N2O7S/c1-23-20-26(12-14-31(23)42-19-17-34(2)3)43(39,40)35-15-6-8-25(22-35)30(37)21-24-11-13-29-32-27(24)9-5-10-28(32)33(38)36(29)16-7-18-41-4;1-22-19-25(11-13-30(22)41-18-17-40-3)42(37,38)33-14-5-7-24(21-33)29(35)20-23-10-12-28-31-26(23)8-4-9-27(31)32(36)34(28)15-6-16-39-2/h5,9-14,20,25H,6-8,15-19,21-22H2,1-4H3;4,8-13,19,24H,5-7,14-18,20-21H2,1-3H3. The highest BCUT2D eigenvalue weighted by Gasteiger charge is 2.37. The molecule has 10 rings (SSSR count). The van der Waals surface area contributed by atoms with Crippen LogP contribution in [0.1, 0.15) is 81.5 Å². The minimum Gasteiger partial charge on any atom is -0.492 e. The maximum absolute atomic E-state index is 13.6. The van der Waals surface area contributed by atoms with Crippen LogP contribution in [0.25, 0.3) is 21.5 Å². The highest BCUT2D eigenvalue weighted by molar-refractivity contribution is 7.89. The lowest BCUT2D eigenvalue weighted by atomic mass is 9.89. The lowest BCUT2D eigenvalue weighted by molar-refractivity contribution is -0.124. The summed E-state index contributed by atoms with van der Waals surface area (Å²) in [4.78, 5) is 59.5. The van der Waals surface area contributed by atoms with Gasteiger partial charge in [0.25, 0.3) is 11.8 Å². The van der Waals surface area contributed by atoms with Crippen molar-refractivity contribution in [1.29, 1.82) is 0 Å². The van der Waals surface area contributed by atoms with Crippen LogP contribution in [0.3, 0.4) is 0 Å². The summed E-state index contributed by atoms with van der Waals surface area (Å²) in [5.41, 5.74) is 6.21. The maximum Gasteiger partial charge on any atom is 0.258 e. The van der Waals surface area contributed by atoms with Crippen molar-refractivity contribution in [2.24, 2.45) is 11.8 Å². The Hall–Kier alpha value is -6.62. The van der Waals surface area contributed by atoms with E-state index in [1.54, 1.807) is 67.5 Å². The van der Waals surface area contributed by atoms with Crippen molar-refractivity contribution in [3.05, 3.63) is 130 Å². The Morgan fingerprint density at radius 2 is 0.988 bits per heavy atom. The molecule has 2 unspecified atom stereocenters. The van der Waals surface area contributed by atoms with Crippen LogP contribution in [0.2, 0.25) is 0 Å². The van der Waals surface area contributed by atoms with E-state index in [4.69, 9.17) is 23.7 Å². The normalized spacial score (nSPS) is 17.3. The van der Waals surface area contributed by atoms with Gasteiger partial charge in [0.15, 0.2) is 0 Å². The number of likely N-dealkylation sites (N-methyl/N-ethyl adjacent to an activating group) is 1. The van der Waals surface area contributed by atoms with E-state index in [1.165, 1.54) is 8.61 Å². The fourth-order valence-corrected chi connectivity index (χ4v) is 15.2. The molecule has 0 saturated carbocycles. The highest BCUT2D eigenvalue weighted by atomic mass is 32.2. The van der Waals surface area contributed by atoms with Crippen LogP contribution in [0.4, 0.5) is 11.4 Å². The van der Waals surface area contributed by atoms with Crippen molar-refractivity contribution in [1.82, 2.24) is 13.5 Å². The van der Waals surface area contributed by atoms with Crippen LogP contribution in [0, 0.1) is 25.7 Å². The molecule has 0 spiro atoms. The van der Waals surface area contributed by atoms with E-state index in [9.17, 15) is 36.0 Å². The Morgan fingerprint density at radius 1 is 0.553 bits per heavy atom. The number of sulfonamides is 2. The molecule has 18 nitrogen and oxygen atoms in total. The number of ether oxygens (including phenoxy) is 5. The molecule has 454 valence electrons. The third-order valence-electron chi connectivity index (χ3n) is 16.5. The lowest BCUT2D eigenvalue weighted by Crippen LogP contribution is -2.42. The molecule has 0 N–H and O–H groups in total. The van der Waals surface area contributed by atoms with Gasteiger partial charge in [0.2, 0.25) is 20.0 Å². The summed E-state index contributed by atoms with van der Waals surface area (Å²) in [6.07, 6.45) is 4.35. The minimum atomic E-state index is -3.78. The molecule has 0 aromatic heterocycles. The van der Waals surface area contributed by atoms with Crippen molar-refractivity contribution in [3.8, 4) is 11.5 Å². The fraction of sp³-hybridized carbons (Fsp3) is 0.446. The van der Waals surface area contributed by atoms with Crippen LogP contribution >= 0.6 is 0 Å². The van der Waals surface area contributed by atoms with E-state index in [2.05, 4.69) is 0 Å². The predicted molar refractivity (Wildman–Crippen MR) is 328 cm³/mol. The predicted octanol–water partition coefficient (Wildman–Crippen LogP) is 8.68. The zero-order valence-electron chi connectivity index (χ0n) is 49.9. The maximum atomic E-state index is 13.6. The van der Waals surface area contributed by atoms with Gasteiger partial charge in [0.05, 0.1) is 27.8 Å². The number of benzene rings is 6. The summed E-state index contributed by atoms with van der Waals surface area (Å²) >= 11 is 0. The number of carbonyl (C=O) groups is 4. The number of carbonyl (C=O) groups excluding carboxylic acids is 4. The van der Waals surface area contributed by atoms with Gasteiger partial charge in [-0.15, -0.1) is 0 Å². The smallest absolute Gasteiger partial charge is 0.258 e. The Kier molecular flexibility index (Phi) is 20.6. The van der Waals surface area contributed by atoms with Gasteiger partial charge in [-0.3, -0.25) is 19.2 Å². The van der Waals surface area contributed by atoms with E-state index >= 15 is 0 Å². The molecule has 2 fully saturated rings. The molecule has 0 radical (unpaired) electrons. The number of hydrogen-bond donors (Lipinski definition) is 0. The van der Waals surface area contributed by atoms with Gasteiger partial charge in [-0.2, -0.15) is 8.61 Å². The number of ketones is 2. The fourth-order valence-electron chi connectivity index (χ4n) is 12.0. The van der Waals surface area contributed by atoms with Crippen molar-refractivity contribution >= 4 is 76.3 Å². The van der Waals surface area contributed by atoms with Crippen molar-refractivity contribution in [3.63, 3.8) is 0 Å². The number of hydrogen-bond acceptors (Lipinski definition) is 14. The number of Topliss-reactive ketones (excluding diaryl/α,β-unsaturated/α-hetero) is 2. The Bertz CT molecular complexity index is 3690. The van der Waals surface area contributed by atoms with Crippen LogP contribution in [0.5, 0.6) is 11.5 Å². The third-order valence-corrected chi connectivity index (χ3v) is 20.3. The largest absolute Gasteiger partial charge is 0.492 e. The van der Waals surface area contributed by atoms with Gasteiger partial charge < -0.3 is 38.4 Å². The SMILES string of the molecule is COCCCN1C(=O)c2cccc3c(CC(=O)C4CCCN(S(=O)(=O)c5ccc(OCCN(C)C)c(C)c5)C4)ccc1c23.COCCCN1C(=O)c2cccc3c(CC(=O)C4CCCN(S(=O)(=O)c5ccc(OCCOC)c(C)c5)C4)ccc1c23. The summed E-state index contributed by atoms with van der Waals surface area (Å²) < 4.78 is 84.1. The van der Waals surface area contributed by atoms with E-state index in [1.807, 2.05) is 93.5 Å². The number of piperidine rings is 2. The summed E-state index contributed by atoms with van der Waals surface area (Å²) in [6.45, 7) is 9.08. The molecule has 0 bridgehead atoms. The monoisotopic (exact) mass is 1200 g/mol. The Balaban J connectivity index is 0.000000204. The number of aryl methyl sites for hydroxylation is 2. The number of anilines is 2. The average molecular weight is 1200 g/mol. The molecule has 20 heteroatoms. The quantitative estimate of drug-likeness (QED) is 0.0467. The van der Waals surface area contributed by atoms with Crippen LogP contribution in [0.15, 0.2) is 107 Å². The number of amides is 2. The van der Waals surface area contributed by atoms with E-state index in [-0.39, 0.29) is 59.1 Å². The summed E-state index contributed by atoms with van der Waals surface area (Å²) in [7, 11) is 1.28. The summed E-state index contributed by atoms with van der Waals surface area (Å²) in [5.74, 6) is 0.443. The number of methoxy groups -OCH3 is 3. The summed E-state index contributed by atoms with van der Waals surface area (Å²) in [5, 5.41) is 3.55. The first-order valence-electron chi connectivity index (χ1n) is 29.2. The van der Waals surface area contributed by atoms with Gasteiger partial charge in [-0.25, -0.2) is 16.8 Å². The van der Waals surface area contributed by atoms with Gasteiger partial charge in [-0.1, -0.05) is 36.4 Å². The molecule has 4 heterocycles. The van der Waals surface area contributed by atoms with E-state index < -0.39 is 31.9 Å². The molecule has 4 aliphatic heterocycles. The topological polar surface area (TPSA) is 199 Å². The van der Waals surface area contributed by atoms with Crippen molar-refractivity contribution < 1.29 is 59.7 Å². The molecular formula is C65H79N5O13S2. The molecule has 2 atom stereocenters. The van der Waals surface area contributed by atoms with Crippen molar-refractivity contribution in [2.45, 2.75) is 75.0 Å². The number of nitrogens with zero attached hydrogens (tertiary/aromatic N) is 5. The highest BCUT2D eigenvalue weighted by Crippen LogP contribution is 2.42. The van der Waals surface area contributed by atoms with Gasteiger partial charge in [0, 0.05) is 127 Å². The first-order valence-corrected chi connectivity index (χ1v) is 32.1. The Morgan fingerprint density at radius 3 is 1.40 bits per heavy atom. The van der Waals surface area contributed by atoms with Crippen molar-refractivity contribution in [2.75, 3.05) is 124 Å². The second kappa shape index (κ2) is 27.8. The zero-order chi connectivity index (χ0) is 60.6. The lowest BCUT2D eigenvalue weighted by Gasteiger charge is -2.31. The van der Waals surface area contributed by atoms with Gasteiger partial charge >= 0.3 is 0 Å². The second-order valence-corrected chi connectivity index (χ2v) is 26.5. The molecule has 2 amide bonds. The molecular weight excluding hydrogens is 1120 g/mol. The van der Waals surface area contributed by atoms with E-state index in [0.717, 1.165) is 74.6 Å². The molecule has 6 aromatic carbocycles. The molecule has 85 heavy (non-hydrogen) atoms. The van der Waals surface area contributed by atoms with Gasteiger partial charge in [0.1, 0.15) is 36.3 Å². The molecule has 4 aliphatic rings. The molecule has 0 aliphatic carbocycles. The minimum absolute atomic E-state index is 0.00921. The molecule has 6 aromatic rings. The van der Waals surface area contributed by atoms with Crippen LogP contribution in [-0.4, -0.2) is 168 Å². The Labute approximate surface area is 500 Å². The third kappa shape index (κ3) is 13.8. The van der Waals surface area contributed by atoms with Crippen LogP contribution in [-0.2, 0) is 56.7 Å². The second-order valence-electron chi connectivity index (χ2n) is 22.6. The first-order chi connectivity index (χ1) is 40.9. The number of rotatable bonds is 26. The summed E-state index contributed by atoms with van der Waals surface area (Å²) in [6, 6.07) is 28.8. The van der Waals surface area contributed by atoms with Crippen LogP contribution < -0.4 is 19.3 Å². The van der Waals surface area contributed by atoms with E-state index in [0.29, 0.717) is 108 Å². The first kappa shape index (κ1) is 62.9. The molecule has 2 saturated heterocycles.